The number of alkyl halides is 2. The summed E-state index contributed by atoms with van der Waals surface area (Å²) in [7, 11) is -4.06. The second kappa shape index (κ2) is 3.50. The van der Waals surface area contributed by atoms with Crippen molar-refractivity contribution in [2.45, 2.75) is 5.25 Å². The first-order valence-corrected chi connectivity index (χ1v) is 3.98. The van der Waals surface area contributed by atoms with Crippen LogP contribution in [-0.4, -0.2) is 30.0 Å². The molecule has 0 aromatic heterocycles. The number of esters is 1. The van der Waals surface area contributed by atoms with E-state index in [-0.39, 0.29) is 0 Å². The molecule has 0 fully saturated rings. The van der Waals surface area contributed by atoms with Gasteiger partial charge in [-0.1, -0.05) is 3.89 Å². The van der Waals surface area contributed by atoms with Crippen molar-refractivity contribution in [1.29, 1.82) is 0 Å². The highest BCUT2D eigenvalue weighted by Crippen LogP contribution is 2.59. The predicted molar refractivity (Wildman–Crippen MR) is 35.3 cm³/mol. The van der Waals surface area contributed by atoms with Gasteiger partial charge in [0.1, 0.15) is 0 Å². The zero-order valence-electron chi connectivity index (χ0n) is 6.21. The van der Waals surface area contributed by atoms with Crippen LogP contribution in [0.2, 0.25) is 0 Å². The van der Waals surface area contributed by atoms with Gasteiger partial charge in [0.05, 0.1) is 14.2 Å². The van der Waals surface area contributed by atoms with Gasteiger partial charge in [-0.15, -0.1) is 0 Å². The molecule has 0 aliphatic carbocycles. The lowest BCUT2D eigenvalue weighted by Gasteiger charge is -2.31. The molecule has 0 aromatic carbocycles. The lowest BCUT2D eigenvalue weighted by molar-refractivity contribution is -0.158. The lowest BCUT2D eigenvalue weighted by Crippen LogP contribution is -2.34. The van der Waals surface area contributed by atoms with Crippen LogP contribution >= 0.6 is 11.0 Å². The van der Waals surface area contributed by atoms with E-state index in [4.69, 9.17) is 4.55 Å². The molecule has 0 heterocycles. The molecule has 0 spiro atoms. The second-order valence-electron chi connectivity index (χ2n) is 1.63. The highest BCUT2D eigenvalue weighted by atomic mass is 32.3. The number of ether oxygens (including phenoxy) is 1. The summed E-state index contributed by atoms with van der Waals surface area (Å²) in [6.45, 7) is 0. The minimum absolute atomic E-state index is 0.520. The molecular formula is C4H7F3O4S. The summed E-state index contributed by atoms with van der Waals surface area (Å²) >= 11 is 0. The summed E-state index contributed by atoms with van der Waals surface area (Å²) in [4.78, 5) is 10.2. The Labute approximate surface area is 68.3 Å². The number of methoxy groups -OCH3 is 1. The van der Waals surface area contributed by atoms with E-state index in [9.17, 15) is 17.5 Å². The Bertz CT molecular complexity index is 183. The molecule has 0 amide bonds. The first kappa shape index (κ1) is 11.5. The molecule has 1 N–H and O–H groups in total. The van der Waals surface area contributed by atoms with Crippen LogP contribution in [0.15, 0.2) is 0 Å². The molecule has 0 aromatic rings. The quantitative estimate of drug-likeness (QED) is 0.713. The fraction of sp³-hybridized carbons (Fsp3) is 0.750. The normalized spacial score (nSPS) is 19.5. The first-order chi connectivity index (χ1) is 5.29. The Morgan fingerprint density at radius 1 is 1.50 bits per heavy atom. The van der Waals surface area contributed by atoms with Crippen LogP contribution in [0.4, 0.5) is 12.7 Å². The van der Waals surface area contributed by atoms with Crippen molar-refractivity contribution in [3.63, 3.8) is 0 Å². The minimum atomic E-state index is -5.22. The lowest BCUT2D eigenvalue weighted by atomic mass is 10.7. The van der Waals surface area contributed by atoms with Crippen molar-refractivity contribution in [1.82, 2.24) is 0 Å². The fourth-order valence-electron chi connectivity index (χ4n) is 0.326. The van der Waals surface area contributed by atoms with Gasteiger partial charge in [-0.05, 0) is 0 Å². The molecule has 74 valence electrons. The summed E-state index contributed by atoms with van der Waals surface area (Å²) in [6, 6.07) is 0. The van der Waals surface area contributed by atoms with Crippen LogP contribution in [0.25, 0.3) is 0 Å². The van der Waals surface area contributed by atoms with Gasteiger partial charge in [-0.3, -0.25) is 8.74 Å². The van der Waals surface area contributed by atoms with Gasteiger partial charge >= 0.3 is 11.2 Å². The van der Waals surface area contributed by atoms with E-state index in [0.717, 1.165) is 0 Å². The van der Waals surface area contributed by atoms with Crippen LogP contribution in [0.1, 0.15) is 0 Å². The van der Waals surface area contributed by atoms with E-state index in [1.165, 1.54) is 0 Å². The Kier molecular flexibility index (Phi) is 3.36. The molecule has 0 saturated carbocycles. The third-order valence-corrected chi connectivity index (χ3v) is 2.20. The van der Waals surface area contributed by atoms with E-state index in [0.29, 0.717) is 14.2 Å². The third-order valence-electron chi connectivity index (χ3n) is 0.960. The number of rotatable bonds is 3. The summed E-state index contributed by atoms with van der Waals surface area (Å²) in [5.74, 6) is -2.18. The molecule has 8 heteroatoms. The third kappa shape index (κ3) is 1.82. The van der Waals surface area contributed by atoms with E-state index < -0.39 is 22.2 Å². The van der Waals surface area contributed by atoms with Gasteiger partial charge in [0.15, 0.2) is 0 Å². The topological polar surface area (TPSA) is 55.8 Å². The van der Waals surface area contributed by atoms with Gasteiger partial charge in [-0.2, -0.15) is 8.78 Å². The van der Waals surface area contributed by atoms with Crippen LogP contribution in [0, 0.1) is 0 Å². The number of carbonyl (C=O) groups excluding carboxylic acids is 1. The summed E-state index contributed by atoms with van der Waals surface area (Å²) in [6.07, 6.45) is 0. The zero-order valence-corrected chi connectivity index (χ0v) is 7.03. The smallest absolute Gasteiger partial charge is 0.461 e. The summed E-state index contributed by atoms with van der Waals surface area (Å²) in [5, 5.41) is -4.66. The van der Waals surface area contributed by atoms with Gasteiger partial charge in [-0.25, -0.2) is 4.79 Å². The number of halogens is 3. The maximum Gasteiger partial charge on any atom is 0.461 e. The SMILES string of the molecule is COC(=O)C(F)(F)S(O)(F)OC. The highest BCUT2D eigenvalue weighted by molar-refractivity contribution is 8.22. The van der Waals surface area contributed by atoms with Gasteiger partial charge < -0.3 is 4.74 Å². The molecule has 1 unspecified atom stereocenters. The molecular weight excluding hydrogens is 201 g/mol. The standard InChI is InChI=1S/C4H7F3O4S/c1-10-3(8)4(5,6)12(7,9)11-2/h9H,1-2H3. The molecule has 0 rings (SSSR count). The van der Waals surface area contributed by atoms with Crippen molar-refractivity contribution in [2.75, 3.05) is 14.2 Å². The van der Waals surface area contributed by atoms with E-state index in [2.05, 4.69) is 8.92 Å². The van der Waals surface area contributed by atoms with Crippen molar-refractivity contribution < 1.29 is 30.9 Å². The Hall–Kier alpha value is -0.470. The van der Waals surface area contributed by atoms with Crippen LogP contribution < -0.4 is 0 Å². The van der Waals surface area contributed by atoms with Crippen molar-refractivity contribution in [3.8, 4) is 0 Å². The molecule has 0 bridgehead atoms. The fourth-order valence-corrected chi connectivity index (χ4v) is 0.824. The molecule has 0 aliphatic rings. The highest BCUT2D eigenvalue weighted by Gasteiger charge is 2.56. The number of hydrogen-bond acceptors (Lipinski definition) is 4. The second-order valence-corrected chi connectivity index (χ2v) is 3.40. The molecule has 4 nitrogen and oxygen atoms in total. The molecule has 0 radical (unpaired) electrons. The average molecular weight is 208 g/mol. The van der Waals surface area contributed by atoms with Crippen molar-refractivity contribution >= 4 is 16.9 Å². The summed E-state index contributed by atoms with van der Waals surface area (Å²) < 4.78 is 52.5. The molecule has 0 aliphatic heterocycles. The van der Waals surface area contributed by atoms with Crippen LogP contribution in [0.5, 0.6) is 0 Å². The van der Waals surface area contributed by atoms with Crippen LogP contribution in [-0.2, 0) is 13.7 Å². The van der Waals surface area contributed by atoms with Gasteiger partial charge in [0.2, 0.25) is 0 Å². The van der Waals surface area contributed by atoms with Gasteiger partial charge in [0, 0.05) is 11.0 Å². The molecule has 12 heavy (non-hydrogen) atoms. The van der Waals surface area contributed by atoms with Crippen LogP contribution in [0.3, 0.4) is 0 Å². The first-order valence-electron chi connectivity index (χ1n) is 2.56. The zero-order chi connectivity index (χ0) is 9.99. The van der Waals surface area contributed by atoms with E-state index in [1.54, 1.807) is 0 Å². The minimum Gasteiger partial charge on any atom is -0.463 e. The number of hydrogen-bond donors (Lipinski definition) is 1. The Morgan fingerprint density at radius 3 is 2.17 bits per heavy atom. The van der Waals surface area contributed by atoms with Gasteiger partial charge in [0.25, 0.3) is 0 Å². The molecule has 0 saturated heterocycles. The van der Waals surface area contributed by atoms with Crippen molar-refractivity contribution in [3.05, 3.63) is 0 Å². The summed E-state index contributed by atoms with van der Waals surface area (Å²) in [5.41, 5.74) is 0. The monoisotopic (exact) mass is 208 g/mol. The average Bonchev–Trinajstić information content (AvgIpc) is 2.02. The largest absolute Gasteiger partial charge is 0.463 e. The Balaban J connectivity index is 4.71. The van der Waals surface area contributed by atoms with Crippen molar-refractivity contribution in [2.24, 2.45) is 0 Å². The number of carbonyl (C=O) groups is 1. The predicted octanol–water partition coefficient (Wildman–Crippen LogP) is 1.48. The maximum atomic E-state index is 12.4. The Morgan fingerprint density at radius 2 is 1.92 bits per heavy atom. The molecule has 1 atom stereocenters. The van der Waals surface area contributed by atoms with E-state index in [1.807, 2.05) is 0 Å². The van der Waals surface area contributed by atoms with E-state index >= 15 is 0 Å². The maximum absolute atomic E-state index is 12.4.